The summed E-state index contributed by atoms with van der Waals surface area (Å²) in [5.41, 5.74) is 3.50. The molecule has 0 spiro atoms. The Morgan fingerprint density at radius 1 is 1.19 bits per heavy atom. The Hall–Kier alpha value is -1.50. The largest absolute Gasteiger partial charge is 0.378 e. The lowest BCUT2D eigenvalue weighted by atomic mass is 10.2. The highest BCUT2D eigenvalue weighted by Gasteiger charge is 2.11. The SMILES string of the molecule is Cc1cc(Br)ccc1SCC(=O)NCc1ccc(N2CCOCC2)cc1. The van der Waals surface area contributed by atoms with Gasteiger partial charge in [-0.3, -0.25) is 4.79 Å². The molecule has 1 amide bonds. The molecule has 26 heavy (non-hydrogen) atoms. The molecule has 4 nitrogen and oxygen atoms in total. The minimum atomic E-state index is 0.0505. The average molecular weight is 435 g/mol. The van der Waals surface area contributed by atoms with E-state index in [4.69, 9.17) is 4.74 Å². The number of carbonyl (C=O) groups is 1. The zero-order chi connectivity index (χ0) is 18.4. The van der Waals surface area contributed by atoms with E-state index in [1.165, 1.54) is 11.3 Å². The second kappa shape index (κ2) is 9.44. The lowest BCUT2D eigenvalue weighted by Crippen LogP contribution is -2.36. The lowest BCUT2D eigenvalue weighted by molar-refractivity contribution is -0.118. The van der Waals surface area contributed by atoms with E-state index < -0.39 is 0 Å². The number of amides is 1. The van der Waals surface area contributed by atoms with Crippen molar-refractivity contribution in [1.82, 2.24) is 5.32 Å². The number of rotatable bonds is 6. The highest BCUT2D eigenvalue weighted by Crippen LogP contribution is 2.25. The quantitative estimate of drug-likeness (QED) is 0.697. The number of hydrogen-bond acceptors (Lipinski definition) is 4. The van der Waals surface area contributed by atoms with Crippen LogP contribution in [-0.2, 0) is 16.1 Å². The number of nitrogens with zero attached hydrogens (tertiary/aromatic N) is 1. The summed E-state index contributed by atoms with van der Waals surface area (Å²) in [6, 6.07) is 14.5. The Balaban J connectivity index is 1.45. The van der Waals surface area contributed by atoms with Crippen LogP contribution in [0.1, 0.15) is 11.1 Å². The van der Waals surface area contributed by atoms with Crippen LogP contribution >= 0.6 is 27.7 Å². The van der Waals surface area contributed by atoms with Crippen LogP contribution < -0.4 is 10.2 Å². The summed E-state index contributed by atoms with van der Waals surface area (Å²) >= 11 is 5.03. The van der Waals surface area contributed by atoms with Gasteiger partial charge in [-0.15, -0.1) is 11.8 Å². The molecule has 0 saturated carbocycles. The van der Waals surface area contributed by atoms with E-state index in [-0.39, 0.29) is 5.91 Å². The highest BCUT2D eigenvalue weighted by molar-refractivity contribution is 9.10. The van der Waals surface area contributed by atoms with Gasteiger partial charge < -0.3 is 15.0 Å². The second-order valence-corrected chi connectivity index (χ2v) is 8.17. The van der Waals surface area contributed by atoms with Crippen molar-refractivity contribution in [2.75, 3.05) is 37.0 Å². The molecule has 1 saturated heterocycles. The molecule has 0 atom stereocenters. The maximum Gasteiger partial charge on any atom is 0.230 e. The predicted octanol–water partition coefficient (Wildman–Crippen LogP) is 4.00. The number of aryl methyl sites for hydroxylation is 1. The van der Waals surface area contributed by atoms with E-state index in [2.05, 4.69) is 63.4 Å². The van der Waals surface area contributed by atoms with Crippen LogP contribution in [0.15, 0.2) is 51.8 Å². The minimum Gasteiger partial charge on any atom is -0.378 e. The monoisotopic (exact) mass is 434 g/mol. The van der Waals surface area contributed by atoms with Gasteiger partial charge in [0.25, 0.3) is 0 Å². The Labute approximate surface area is 167 Å². The molecule has 0 bridgehead atoms. The molecular weight excluding hydrogens is 412 g/mol. The van der Waals surface area contributed by atoms with Crippen molar-refractivity contribution in [1.29, 1.82) is 0 Å². The van der Waals surface area contributed by atoms with E-state index in [0.29, 0.717) is 12.3 Å². The molecule has 0 aromatic heterocycles. The van der Waals surface area contributed by atoms with Gasteiger partial charge in [0, 0.05) is 34.7 Å². The van der Waals surface area contributed by atoms with Gasteiger partial charge in [-0.05, 0) is 48.4 Å². The normalized spacial score (nSPS) is 14.3. The number of morpholine rings is 1. The fraction of sp³-hybridized carbons (Fsp3) is 0.350. The summed E-state index contributed by atoms with van der Waals surface area (Å²) in [6.07, 6.45) is 0. The van der Waals surface area contributed by atoms with Gasteiger partial charge in [-0.25, -0.2) is 0 Å². The minimum absolute atomic E-state index is 0.0505. The molecule has 0 radical (unpaired) electrons. The zero-order valence-corrected chi connectivity index (χ0v) is 17.2. The molecule has 1 aliphatic rings. The second-order valence-electron chi connectivity index (χ2n) is 6.24. The summed E-state index contributed by atoms with van der Waals surface area (Å²) in [5.74, 6) is 0.475. The smallest absolute Gasteiger partial charge is 0.230 e. The van der Waals surface area contributed by atoms with Crippen LogP contribution in [-0.4, -0.2) is 38.0 Å². The van der Waals surface area contributed by atoms with Crippen molar-refractivity contribution < 1.29 is 9.53 Å². The van der Waals surface area contributed by atoms with Gasteiger partial charge in [0.1, 0.15) is 0 Å². The maximum absolute atomic E-state index is 12.1. The van der Waals surface area contributed by atoms with Crippen molar-refractivity contribution in [2.24, 2.45) is 0 Å². The van der Waals surface area contributed by atoms with Crippen LogP contribution in [0.3, 0.4) is 0 Å². The highest BCUT2D eigenvalue weighted by atomic mass is 79.9. The number of ether oxygens (including phenoxy) is 1. The van der Waals surface area contributed by atoms with Crippen LogP contribution in [0.4, 0.5) is 5.69 Å². The molecule has 138 valence electrons. The van der Waals surface area contributed by atoms with E-state index in [0.717, 1.165) is 41.2 Å². The third kappa shape index (κ3) is 5.50. The van der Waals surface area contributed by atoms with Gasteiger partial charge >= 0.3 is 0 Å². The van der Waals surface area contributed by atoms with Crippen molar-refractivity contribution in [2.45, 2.75) is 18.4 Å². The Morgan fingerprint density at radius 3 is 2.62 bits per heavy atom. The molecule has 3 rings (SSSR count). The number of benzene rings is 2. The standard InChI is InChI=1S/C20H23BrN2O2S/c1-15-12-17(21)4-7-19(15)26-14-20(24)22-13-16-2-5-18(6-3-16)23-8-10-25-11-9-23/h2-7,12H,8-11,13-14H2,1H3,(H,22,24). The number of hydrogen-bond donors (Lipinski definition) is 1. The molecule has 2 aromatic carbocycles. The number of nitrogens with one attached hydrogen (secondary N) is 1. The Bertz CT molecular complexity index is 746. The number of halogens is 1. The van der Waals surface area contributed by atoms with Crippen LogP contribution in [0, 0.1) is 6.92 Å². The van der Waals surface area contributed by atoms with Crippen LogP contribution in [0.25, 0.3) is 0 Å². The Morgan fingerprint density at radius 2 is 1.92 bits per heavy atom. The number of anilines is 1. The molecule has 2 aromatic rings. The average Bonchev–Trinajstić information content (AvgIpc) is 2.67. The van der Waals surface area contributed by atoms with Gasteiger partial charge in [-0.2, -0.15) is 0 Å². The molecule has 0 unspecified atom stereocenters. The summed E-state index contributed by atoms with van der Waals surface area (Å²) < 4.78 is 6.44. The maximum atomic E-state index is 12.1. The summed E-state index contributed by atoms with van der Waals surface area (Å²) in [6.45, 7) is 6.05. The summed E-state index contributed by atoms with van der Waals surface area (Å²) in [5, 5.41) is 3.00. The van der Waals surface area contributed by atoms with Gasteiger partial charge in [0.15, 0.2) is 0 Å². The molecule has 6 heteroatoms. The third-order valence-electron chi connectivity index (χ3n) is 4.30. The van der Waals surface area contributed by atoms with Crippen molar-refractivity contribution in [3.63, 3.8) is 0 Å². The number of thioether (sulfide) groups is 1. The van der Waals surface area contributed by atoms with Gasteiger partial charge in [0.05, 0.1) is 19.0 Å². The topological polar surface area (TPSA) is 41.6 Å². The first-order chi connectivity index (χ1) is 12.6. The van der Waals surface area contributed by atoms with Crippen molar-refractivity contribution in [3.05, 3.63) is 58.1 Å². The number of carbonyl (C=O) groups excluding carboxylic acids is 1. The zero-order valence-electron chi connectivity index (χ0n) is 14.8. The van der Waals surface area contributed by atoms with Gasteiger partial charge in [-0.1, -0.05) is 28.1 Å². The first kappa shape index (κ1) is 19.3. The molecule has 0 aliphatic carbocycles. The van der Waals surface area contributed by atoms with Crippen molar-refractivity contribution >= 4 is 39.3 Å². The fourth-order valence-electron chi connectivity index (χ4n) is 2.82. The van der Waals surface area contributed by atoms with Gasteiger partial charge in [0.2, 0.25) is 5.91 Å². The fourth-order valence-corrected chi connectivity index (χ4v) is 4.13. The Kier molecular flexibility index (Phi) is 7.00. The lowest BCUT2D eigenvalue weighted by Gasteiger charge is -2.28. The van der Waals surface area contributed by atoms with Crippen LogP contribution in [0.5, 0.6) is 0 Å². The predicted molar refractivity (Wildman–Crippen MR) is 111 cm³/mol. The van der Waals surface area contributed by atoms with Crippen LogP contribution in [0.2, 0.25) is 0 Å². The van der Waals surface area contributed by atoms with E-state index in [1.54, 1.807) is 11.8 Å². The summed E-state index contributed by atoms with van der Waals surface area (Å²) in [4.78, 5) is 15.6. The molecule has 1 fully saturated rings. The van der Waals surface area contributed by atoms with Crippen molar-refractivity contribution in [3.8, 4) is 0 Å². The van der Waals surface area contributed by atoms with E-state index >= 15 is 0 Å². The summed E-state index contributed by atoms with van der Waals surface area (Å²) in [7, 11) is 0. The molecule has 1 heterocycles. The first-order valence-electron chi connectivity index (χ1n) is 8.69. The molecule has 1 N–H and O–H groups in total. The third-order valence-corrected chi connectivity index (χ3v) is 5.97. The molecule has 1 aliphatic heterocycles. The first-order valence-corrected chi connectivity index (χ1v) is 10.5. The van der Waals surface area contributed by atoms with E-state index in [1.807, 2.05) is 12.1 Å². The molecular formula is C20H23BrN2O2S. The van der Waals surface area contributed by atoms with E-state index in [9.17, 15) is 4.79 Å².